The minimum atomic E-state index is -0.640. The molecule has 1 aromatic rings. The van der Waals surface area contributed by atoms with Gasteiger partial charge in [0.15, 0.2) is 0 Å². The van der Waals surface area contributed by atoms with E-state index in [2.05, 4.69) is 23.8 Å². The van der Waals surface area contributed by atoms with Gasteiger partial charge in [0.05, 0.1) is 24.5 Å². The van der Waals surface area contributed by atoms with Crippen LogP contribution in [0.4, 0.5) is 4.39 Å². The minimum Gasteiger partial charge on any atom is -0.463 e. The molecule has 0 unspecified atom stereocenters. The number of carbonyl (C=O) groups is 3. The third kappa shape index (κ3) is 11.3. The Morgan fingerprint density at radius 1 is 1.09 bits per heavy atom. The number of halogens is 1. The van der Waals surface area contributed by atoms with Crippen LogP contribution < -0.4 is 10.6 Å². The standard InChI is InChI=1S/C27H39FN2O5/c1-6-8-20(17-24(32)29-14-15-31)25(33)30-23(27(3,4)5)18-35-26(34)21(9-7-2)16-19-10-12-22(28)13-11-19/h6-7,10-13,20-21,23,31H,1-2,8-9,14-18H2,3-5H3,(H,29,32)(H,30,33)/t20-,21+,23-/m1/s1. The second-order valence-electron chi connectivity index (χ2n) is 9.61. The third-order valence-electron chi connectivity index (χ3n) is 5.62. The molecule has 0 aliphatic heterocycles. The van der Waals surface area contributed by atoms with E-state index in [0.29, 0.717) is 19.3 Å². The van der Waals surface area contributed by atoms with Crippen molar-refractivity contribution in [1.82, 2.24) is 10.6 Å². The number of hydrogen-bond donors (Lipinski definition) is 3. The molecule has 0 heterocycles. The molecule has 0 bridgehead atoms. The normalized spacial score (nSPS) is 13.7. The van der Waals surface area contributed by atoms with Crippen molar-refractivity contribution in [3.8, 4) is 0 Å². The van der Waals surface area contributed by atoms with E-state index >= 15 is 0 Å². The molecule has 0 fully saturated rings. The van der Waals surface area contributed by atoms with Crippen molar-refractivity contribution in [2.45, 2.75) is 52.5 Å². The van der Waals surface area contributed by atoms with Gasteiger partial charge in [-0.3, -0.25) is 14.4 Å². The van der Waals surface area contributed by atoms with Crippen LogP contribution in [0.2, 0.25) is 0 Å². The number of esters is 1. The van der Waals surface area contributed by atoms with E-state index in [0.717, 1.165) is 5.56 Å². The van der Waals surface area contributed by atoms with Gasteiger partial charge in [-0.05, 0) is 42.4 Å². The topological polar surface area (TPSA) is 105 Å². The average Bonchev–Trinajstić information content (AvgIpc) is 2.80. The van der Waals surface area contributed by atoms with Crippen molar-refractivity contribution >= 4 is 17.8 Å². The Labute approximate surface area is 207 Å². The fourth-order valence-electron chi connectivity index (χ4n) is 3.43. The Kier molecular flexibility index (Phi) is 12.9. The molecule has 0 saturated carbocycles. The summed E-state index contributed by atoms with van der Waals surface area (Å²) in [6.07, 6.45) is 4.24. The van der Waals surface area contributed by atoms with E-state index in [4.69, 9.17) is 9.84 Å². The average molecular weight is 491 g/mol. The van der Waals surface area contributed by atoms with Crippen LogP contribution in [-0.2, 0) is 25.5 Å². The smallest absolute Gasteiger partial charge is 0.309 e. The monoisotopic (exact) mass is 490 g/mol. The highest BCUT2D eigenvalue weighted by Gasteiger charge is 2.31. The highest BCUT2D eigenvalue weighted by Crippen LogP contribution is 2.22. The predicted molar refractivity (Wildman–Crippen MR) is 134 cm³/mol. The number of rotatable bonds is 15. The molecule has 3 N–H and O–H groups in total. The Morgan fingerprint density at radius 2 is 1.69 bits per heavy atom. The number of carbonyl (C=O) groups excluding carboxylic acids is 3. The summed E-state index contributed by atoms with van der Waals surface area (Å²) in [5, 5.41) is 14.3. The molecule has 2 amide bonds. The first kappa shape index (κ1) is 30.0. The first-order valence-corrected chi connectivity index (χ1v) is 11.8. The van der Waals surface area contributed by atoms with Crippen LogP contribution in [0.1, 0.15) is 45.6 Å². The Bertz CT molecular complexity index is 848. The van der Waals surface area contributed by atoms with Crippen LogP contribution in [-0.4, -0.2) is 48.7 Å². The molecule has 0 spiro atoms. The summed E-state index contributed by atoms with van der Waals surface area (Å²) in [6, 6.07) is 5.46. The lowest BCUT2D eigenvalue weighted by Gasteiger charge is -2.32. The van der Waals surface area contributed by atoms with E-state index in [-0.39, 0.29) is 43.8 Å². The van der Waals surface area contributed by atoms with Gasteiger partial charge in [0.1, 0.15) is 12.4 Å². The summed E-state index contributed by atoms with van der Waals surface area (Å²) in [7, 11) is 0. The summed E-state index contributed by atoms with van der Waals surface area (Å²) >= 11 is 0. The Hall–Kier alpha value is -3.00. The zero-order valence-electron chi connectivity index (χ0n) is 21.0. The first-order valence-electron chi connectivity index (χ1n) is 11.8. The zero-order valence-corrected chi connectivity index (χ0v) is 21.0. The van der Waals surface area contributed by atoms with Crippen LogP contribution in [0.3, 0.4) is 0 Å². The van der Waals surface area contributed by atoms with Crippen molar-refractivity contribution in [3.63, 3.8) is 0 Å². The number of hydrogen-bond acceptors (Lipinski definition) is 5. The molecule has 0 aliphatic carbocycles. The molecule has 8 heteroatoms. The maximum atomic E-state index is 13.2. The Morgan fingerprint density at radius 3 is 2.23 bits per heavy atom. The predicted octanol–water partition coefficient (Wildman–Crippen LogP) is 3.33. The van der Waals surface area contributed by atoms with Gasteiger partial charge >= 0.3 is 5.97 Å². The number of ether oxygens (including phenoxy) is 1. The summed E-state index contributed by atoms with van der Waals surface area (Å²) < 4.78 is 18.8. The fourth-order valence-corrected chi connectivity index (χ4v) is 3.43. The van der Waals surface area contributed by atoms with Crippen LogP contribution in [0, 0.1) is 23.1 Å². The summed E-state index contributed by atoms with van der Waals surface area (Å²) in [4.78, 5) is 37.9. The largest absolute Gasteiger partial charge is 0.463 e. The molecular weight excluding hydrogens is 451 g/mol. The van der Waals surface area contributed by atoms with Crippen molar-refractivity contribution in [1.29, 1.82) is 0 Å². The van der Waals surface area contributed by atoms with Crippen LogP contribution in [0.15, 0.2) is 49.6 Å². The van der Waals surface area contributed by atoms with Gasteiger partial charge in [-0.1, -0.05) is 45.1 Å². The highest BCUT2D eigenvalue weighted by molar-refractivity contribution is 5.86. The van der Waals surface area contributed by atoms with Crippen LogP contribution >= 0.6 is 0 Å². The number of amides is 2. The lowest BCUT2D eigenvalue weighted by Crippen LogP contribution is -2.49. The van der Waals surface area contributed by atoms with E-state index in [1.165, 1.54) is 12.1 Å². The molecular formula is C27H39FN2O5. The van der Waals surface area contributed by atoms with Gasteiger partial charge in [0, 0.05) is 13.0 Å². The van der Waals surface area contributed by atoms with Crippen molar-refractivity contribution < 1.29 is 28.6 Å². The zero-order chi connectivity index (χ0) is 26.4. The third-order valence-corrected chi connectivity index (χ3v) is 5.62. The van der Waals surface area contributed by atoms with Crippen LogP contribution in [0.25, 0.3) is 0 Å². The molecule has 0 saturated heterocycles. The molecule has 0 aromatic heterocycles. The number of nitrogens with one attached hydrogen (secondary N) is 2. The SMILES string of the molecule is C=CC[C@H](CC(=O)NCCO)C(=O)N[C@H](COC(=O)[C@@H](CC=C)Cc1ccc(F)cc1)C(C)(C)C. The molecule has 35 heavy (non-hydrogen) atoms. The fraction of sp³-hybridized carbons (Fsp3) is 0.519. The molecule has 1 rings (SSSR count). The summed E-state index contributed by atoms with van der Waals surface area (Å²) in [6.45, 7) is 13.0. The maximum Gasteiger partial charge on any atom is 0.309 e. The van der Waals surface area contributed by atoms with E-state index in [1.807, 2.05) is 20.8 Å². The van der Waals surface area contributed by atoms with Gasteiger partial charge in [-0.2, -0.15) is 0 Å². The van der Waals surface area contributed by atoms with Gasteiger partial charge in [-0.15, -0.1) is 13.2 Å². The number of aliphatic hydroxyl groups excluding tert-OH is 1. The van der Waals surface area contributed by atoms with E-state index in [1.54, 1.807) is 24.3 Å². The van der Waals surface area contributed by atoms with Gasteiger partial charge < -0.3 is 20.5 Å². The Balaban J connectivity index is 2.84. The van der Waals surface area contributed by atoms with Crippen molar-refractivity contribution in [2.24, 2.45) is 17.3 Å². The summed E-state index contributed by atoms with van der Waals surface area (Å²) in [5.41, 5.74) is 0.376. The van der Waals surface area contributed by atoms with E-state index in [9.17, 15) is 18.8 Å². The van der Waals surface area contributed by atoms with Gasteiger partial charge in [0.25, 0.3) is 0 Å². The lowest BCUT2D eigenvalue weighted by molar-refractivity contribution is -0.150. The summed E-state index contributed by atoms with van der Waals surface area (Å²) in [5.74, 6) is -2.58. The maximum absolute atomic E-state index is 13.2. The molecule has 3 atom stereocenters. The first-order chi connectivity index (χ1) is 16.5. The molecule has 1 aromatic carbocycles. The molecule has 7 nitrogen and oxygen atoms in total. The van der Waals surface area contributed by atoms with Crippen molar-refractivity contribution in [2.75, 3.05) is 19.8 Å². The van der Waals surface area contributed by atoms with Crippen molar-refractivity contribution in [3.05, 3.63) is 61.0 Å². The lowest BCUT2D eigenvalue weighted by atomic mass is 9.86. The second-order valence-corrected chi connectivity index (χ2v) is 9.61. The van der Waals surface area contributed by atoms with Crippen LogP contribution in [0.5, 0.6) is 0 Å². The molecule has 0 aliphatic rings. The molecule has 194 valence electrons. The quantitative estimate of drug-likeness (QED) is 0.258. The second kappa shape index (κ2) is 15.1. The number of benzene rings is 1. The number of allylic oxidation sites excluding steroid dienone is 2. The molecule has 0 radical (unpaired) electrons. The number of aliphatic hydroxyl groups is 1. The van der Waals surface area contributed by atoms with E-state index < -0.39 is 29.3 Å². The highest BCUT2D eigenvalue weighted by atomic mass is 19.1. The van der Waals surface area contributed by atoms with Gasteiger partial charge in [-0.25, -0.2) is 4.39 Å². The minimum absolute atomic E-state index is 0.0390. The van der Waals surface area contributed by atoms with Gasteiger partial charge in [0.2, 0.25) is 11.8 Å².